The van der Waals surface area contributed by atoms with E-state index in [2.05, 4.69) is 6.92 Å². The highest BCUT2D eigenvalue weighted by atomic mass is 35.5. The van der Waals surface area contributed by atoms with E-state index in [1.807, 2.05) is 6.07 Å². The van der Waals surface area contributed by atoms with Gasteiger partial charge in [-0.3, -0.25) is 0 Å². The van der Waals surface area contributed by atoms with E-state index >= 15 is 0 Å². The predicted octanol–water partition coefficient (Wildman–Crippen LogP) is 2.53. The Balaban J connectivity index is 3.09. The third kappa shape index (κ3) is 1.42. The van der Waals surface area contributed by atoms with Crippen LogP contribution in [0.15, 0.2) is 18.2 Å². The van der Waals surface area contributed by atoms with Crippen LogP contribution in [0.1, 0.15) is 5.56 Å². The van der Waals surface area contributed by atoms with Crippen molar-refractivity contribution in [2.45, 2.75) is 0 Å². The predicted molar refractivity (Wildman–Crippen MR) is 42.5 cm³/mol. The number of benzene rings is 1. The summed E-state index contributed by atoms with van der Waals surface area (Å²) < 4.78 is 4.98. The highest BCUT2D eigenvalue weighted by Crippen LogP contribution is 2.21. The molecule has 1 rings (SSSR count). The minimum Gasteiger partial charge on any atom is -0.496 e. The number of ether oxygens (including phenoxy) is 1. The summed E-state index contributed by atoms with van der Waals surface area (Å²) in [6, 6.07) is 5.34. The largest absolute Gasteiger partial charge is 0.496 e. The van der Waals surface area contributed by atoms with Crippen molar-refractivity contribution in [1.82, 2.24) is 0 Å². The number of rotatable bonds is 1. The lowest BCUT2D eigenvalue weighted by molar-refractivity contribution is 0.413. The van der Waals surface area contributed by atoms with Crippen molar-refractivity contribution in [3.05, 3.63) is 35.7 Å². The average molecular weight is 156 g/mol. The standard InChI is InChI=1S/C8H8ClO/c1-6-3-4-7(9)5-8(6)10-2/h3-5H,1H2,2H3. The molecular formula is C8H8ClO. The minimum absolute atomic E-state index is 0.671. The molecule has 1 aromatic rings. The number of halogens is 1. The Kier molecular flexibility index (Phi) is 2.17. The molecule has 0 spiro atoms. The summed E-state index contributed by atoms with van der Waals surface area (Å²) in [5.74, 6) is 0.729. The third-order valence-electron chi connectivity index (χ3n) is 1.25. The van der Waals surface area contributed by atoms with Crippen LogP contribution in [-0.4, -0.2) is 7.11 Å². The molecule has 1 aromatic carbocycles. The lowest BCUT2D eigenvalue weighted by Crippen LogP contribution is -1.85. The average Bonchev–Trinajstić information content (AvgIpc) is 1.94. The second-order valence-corrected chi connectivity index (χ2v) is 2.39. The second kappa shape index (κ2) is 2.93. The van der Waals surface area contributed by atoms with Crippen LogP contribution in [0.3, 0.4) is 0 Å². The van der Waals surface area contributed by atoms with E-state index in [1.165, 1.54) is 0 Å². The number of methoxy groups -OCH3 is 1. The lowest BCUT2D eigenvalue weighted by atomic mass is 10.2. The lowest BCUT2D eigenvalue weighted by Gasteiger charge is -2.02. The van der Waals surface area contributed by atoms with Gasteiger partial charge in [-0.1, -0.05) is 17.7 Å². The normalized spacial score (nSPS) is 9.50. The number of hydrogen-bond donors (Lipinski definition) is 0. The van der Waals surface area contributed by atoms with Crippen LogP contribution in [0, 0.1) is 6.92 Å². The van der Waals surface area contributed by atoms with Crippen molar-refractivity contribution in [3.8, 4) is 5.75 Å². The van der Waals surface area contributed by atoms with E-state index in [0.717, 1.165) is 11.3 Å². The summed E-state index contributed by atoms with van der Waals surface area (Å²) >= 11 is 5.69. The Hall–Kier alpha value is -0.690. The van der Waals surface area contributed by atoms with Gasteiger partial charge in [0.1, 0.15) is 5.75 Å². The van der Waals surface area contributed by atoms with Gasteiger partial charge in [0, 0.05) is 5.02 Å². The fourth-order valence-electron chi connectivity index (χ4n) is 0.718. The molecule has 0 fully saturated rings. The van der Waals surface area contributed by atoms with Crippen molar-refractivity contribution in [2.75, 3.05) is 7.11 Å². The maximum Gasteiger partial charge on any atom is 0.123 e. The van der Waals surface area contributed by atoms with Crippen LogP contribution in [-0.2, 0) is 0 Å². The van der Waals surface area contributed by atoms with Crippen LogP contribution in [0.4, 0.5) is 0 Å². The van der Waals surface area contributed by atoms with Crippen LogP contribution < -0.4 is 4.74 Å². The van der Waals surface area contributed by atoms with Crippen molar-refractivity contribution < 1.29 is 4.74 Å². The van der Waals surface area contributed by atoms with Gasteiger partial charge in [0.25, 0.3) is 0 Å². The maximum atomic E-state index is 5.69. The molecule has 0 N–H and O–H groups in total. The van der Waals surface area contributed by atoms with E-state index in [-0.39, 0.29) is 0 Å². The maximum absolute atomic E-state index is 5.69. The third-order valence-corrected chi connectivity index (χ3v) is 1.48. The van der Waals surface area contributed by atoms with Crippen LogP contribution in [0.5, 0.6) is 5.75 Å². The molecule has 0 bridgehead atoms. The van der Waals surface area contributed by atoms with Gasteiger partial charge < -0.3 is 4.74 Å². The first-order chi connectivity index (χ1) is 4.74. The monoisotopic (exact) mass is 155 g/mol. The highest BCUT2D eigenvalue weighted by molar-refractivity contribution is 6.30. The highest BCUT2D eigenvalue weighted by Gasteiger charge is 1.96. The Morgan fingerprint density at radius 2 is 2.20 bits per heavy atom. The first kappa shape index (κ1) is 7.42. The molecule has 0 aromatic heterocycles. The Labute approximate surface area is 65.6 Å². The summed E-state index contributed by atoms with van der Waals surface area (Å²) in [6.07, 6.45) is 0. The summed E-state index contributed by atoms with van der Waals surface area (Å²) in [5, 5.41) is 0.671. The van der Waals surface area contributed by atoms with E-state index in [4.69, 9.17) is 16.3 Å². The summed E-state index contributed by atoms with van der Waals surface area (Å²) in [4.78, 5) is 0. The van der Waals surface area contributed by atoms with Gasteiger partial charge in [-0.15, -0.1) is 0 Å². The first-order valence-electron chi connectivity index (χ1n) is 2.89. The molecule has 0 aliphatic rings. The Morgan fingerprint density at radius 3 is 2.70 bits per heavy atom. The molecule has 0 amide bonds. The molecule has 0 aliphatic carbocycles. The molecule has 0 atom stereocenters. The van der Waals surface area contributed by atoms with Gasteiger partial charge >= 0.3 is 0 Å². The molecule has 10 heavy (non-hydrogen) atoms. The van der Waals surface area contributed by atoms with Crippen LogP contribution in [0.25, 0.3) is 0 Å². The zero-order chi connectivity index (χ0) is 7.56. The Bertz CT molecular complexity index is 233. The second-order valence-electron chi connectivity index (χ2n) is 1.96. The summed E-state index contributed by atoms with van der Waals surface area (Å²) in [7, 11) is 1.60. The fraction of sp³-hybridized carbons (Fsp3) is 0.125. The minimum atomic E-state index is 0.671. The molecule has 0 heterocycles. The quantitative estimate of drug-likeness (QED) is 0.606. The van der Waals surface area contributed by atoms with Gasteiger partial charge in [0.2, 0.25) is 0 Å². The fourth-order valence-corrected chi connectivity index (χ4v) is 0.880. The molecule has 0 saturated heterocycles. The molecule has 0 aliphatic heterocycles. The topological polar surface area (TPSA) is 9.23 Å². The van der Waals surface area contributed by atoms with Gasteiger partial charge in [-0.05, 0) is 24.6 Å². The molecule has 1 radical (unpaired) electrons. The van der Waals surface area contributed by atoms with E-state index in [0.29, 0.717) is 5.02 Å². The molecular weight excluding hydrogens is 148 g/mol. The van der Waals surface area contributed by atoms with E-state index in [1.54, 1.807) is 19.2 Å². The van der Waals surface area contributed by atoms with Crippen LogP contribution >= 0.6 is 11.6 Å². The smallest absolute Gasteiger partial charge is 0.123 e. The van der Waals surface area contributed by atoms with Gasteiger partial charge in [0.15, 0.2) is 0 Å². The van der Waals surface area contributed by atoms with Crippen molar-refractivity contribution in [1.29, 1.82) is 0 Å². The van der Waals surface area contributed by atoms with Gasteiger partial charge in [-0.25, -0.2) is 0 Å². The SMILES string of the molecule is [CH2]c1ccc(Cl)cc1OC. The van der Waals surface area contributed by atoms with Crippen molar-refractivity contribution >= 4 is 11.6 Å². The zero-order valence-electron chi connectivity index (χ0n) is 5.73. The Morgan fingerprint density at radius 1 is 1.50 bits per heavy atom. The van der Waals surface area contributed by atoms with Crippen molar-refractivity contribution in [2.24, 2.45) is 0 Å². The molecule has 0 saturated carbocycles. The zero-order valence-corrected chi connectivity index (χ0v) is 6.48. The first-order valence-corrected chi connectivity index (χ1v) is 3.27. The van der Waals surface area contributed by atoms with Crippen molar-refractivity contribution in [3.63, 3.8) is 0 Å². The van der Waals surface area contributed by atoms with E-state index in [9.17, 15) is 0 Å². The molecule has 0 unspecified atom stereocenters. The van der Waals surface area contributed by atoms with E-state index < -0.39 is 0 Å². The van der Waals surface area contributed by atoms with Gasteiger partial charge in [0.05, 0.1) is 7.11 Å². The van der Waals surface area contributed by atoms with Gasteiger partial charge in [-0.2, -0.15) is 0 Å². The molecule has 2 heteroatoms. The summed E-state index contributed by atoms with van der Waals surface area (Å²) in [6.45, 7) is 3.75. The molecule has 1 nitrogen and oxygen atoms in total. The van der Waals surface area contributed by atoms with Crippen LogP contribution in [0.2, 0.25) is 5.02 Å². The molecule has 53 valence electrons. The number of hydrogen-bond acceptors (Lipinski definition) is 1. The summed E-state index contributed by atoms with van der Waals surface area (Å²) in [5.41, 5.74) is 0.854.